The molecule has 0 fully saturated rings. The Balaban J connectivity index is 0. The summed E-state index contributed by atoms with van der Waals surface area (Å²) < 4.78 is 0. The van der Waals surface area contributed by atoms with Gasteiger partial charge in [-0.15, -0.1) is 4.91 Å². The third kappa shape index (κ3) is 161. The number of carbonyl (C=O) groups excluding carboxylic acids is 1. The molecular formula is C3H6N2O3. The van der Waals surface area contributed by atoms with Crippen molar-refractivity contribution in [3.63, 3.8) is 0 Å². The van der Waals surface area contributed by atoms with Crippen molar-refractivity contribution in [3.8, 4) is 0 Å². The van der Waals surface area contributed by atoms with Crippen LogP contribution in [0.1, 0.15) is 0 Å². The summed E-state index contributed by atoms with van der Waals surface area (Å²) in [6.45, 7) is 3.09. The summed E-state index contributed by atoms with van der Waals surface area (Å²) in [4.78, 5) is 17.6. The van der Waals surface area contributed by atoms with Gasteiger partial charge in [-0.1, -0.05) is 6.58 Å². The average molecular weight is 118 g/mol. The topological polar surface area (TPSA) is 92.8 Å². The third-order valence-electron chi connectivity index (χ3n) is 0.201. The maximum atomic E-state index is 9.47. The third-order valence-corrected chi connectivity index (χ3v) is 0.201. The second-order valence-electron chi connectivity index (χ2n) is 0.688. The summed E-state index contributed by atoms with van der Waals surface area (Å²) in [6.07, 6.45) is 1.06. The first-order valence-electron chi connectivity index (χ1n) is 1.57. The molecule has 0 aliphatic rings. The Morgan fingerprint density at radius 3 is 2.00 bits per heavy atom. The maximum Gasteiger partial charge on any atom is 0.240 e. The van der Waals surface area contributed by atoms with Crippen molar-refractivity contribution in [3.05, 3.63) is 17.6 Å². The maximum absolute atomic E-state index is 9.47. The summed E-state index contributed by atoms with van der Waals surface area (Å²) in [6, 6.07) is 0. The first-order chi connectivity index (χ1) is 3.68. The quantitative estimate of drug-likeness (QED) is 0.283. The van der Waals surface area contributed by atoms with E-state index in [4.69, 9.17) is 10.1 Å². The number of amides is 1. The largest absolute Gasteiger partial charge is 0.379 e. The van der Waals surface area contributed by atoms with Crippen molar-refractivity contribution in [2.75, 3.05) is 0 Å². The Morgan fingerprint density at radius 1 is 1.88 bits per heavy atom. The molecule has 0 aliphatic carbocycles. The van der Waals surface area contributed by atoms with Crippen molar-refractivity contribution < 1.29 is 10.0 Å². The van der Waals surface area contributed by atoms with Gasteiger partial charge in [0.15, 0.2) is 5.34 Å². The lowest BCUT2D eigenvalue weighted by Gasteiger charge is -1.65. The molecule has 5 heteroatoms. The highest BCUT2D eigenvalue weighted by Gasteiger charge is 1.69. The van der Waals surface area contributed by atoms with Crippen molar-refractivity contribution in [2.45, 2.75) is 0 Å². The number of nitrogens with zero attached hydrogens (tertiary/aromatic N) is 1. The second kappa shape index (κ2) is 9.15. The van der Waals surface area contributed by atoms with Crippen LogP contribution in [0.5, 0.6) is 0 Å². The van der Waals surface area contributed by atoms with Gasteiger partial charge in [0, 0.05) is 0 Å². The summed E-state index contributed by atoms with van der Waals surface area (Å²) >= 11 is 0. The molecule has 0 heterocycles. The SMILES string of the molecule is C=CC(N)=O.O=NO. The van der Waals surface area contributed by atoms with E-state index < -0.39 is 5.91 Å². The highest BCUT2D eigenvalue weighted by molar-refractivity contribution is 5.84. The minimum absolute atomic E-state index is 0.481. The lowest BCUT2D eigenvalue weighted by molar-refractivity contribution is -0.113. The monoisotopic (exact) mass is 118 g/mol. The molecule has 0 atom stereocenters. The number of hydrogen-bond acceptors (Lipinski definition) is 3. The van der Waals surface area contributed by atoms with E-state index in [2.05, 4.69) is 12.3 Å². The number of hydrogen-bond donors (Lipinski definition) is 2. The molecule has 8 heavy (non-hydrogen) atoms. The predicted octanol–water partition coefficient (Wildman–Crippen LogP) is -0.200. The normalized spacial score (nSPS) is 5.50. The van der Waals surface area contributed by atoms with Crippen molar-refractivity contribution in [1.29, 1.82) is 0 Å². The Hall–Kier alpha value is -1.39. The van der Waals surface area contributed by atoms with Gasteiger partial charge in [-0.05, 0) is 6.08 Å². The molecule has 46 valence electrons. The Bertz CT molecular complexity index is 90.5. The minimum atomic E-state index is -0.481. The average Bonchev–Trinajstić information content (AvgIpc) is 1.69. The fourth-order valence-electron chi connectivity index (χ4n) is 0. The van der Waals surface area contributed by atoms with Crippen LogP contribution in [0.4, 0.5) is 0 Å². The number of primary amides is 1. The Kier molecular flexibility index (Phi) is 11.2. The molecular weight excluding hydrogens is 112 g/mol. The molecule has 0 aromatic carbocycles. The van der Waals surface area contributed by atoms with Crippen LogP contribution in [0, 0.1) is 4.91 Å². The zero-order valence-electron chi connectivity index (χ0n) is 4.07. The van der Waals surface area contributed by atoms with Crippen molar-refractivity contribution in [1.82, 2.24) is 0 Å². The van der Waals surface area contributed by atoms with Crippen LogP contribution in [-0.2, 0) is 4.79 Å². The number of carbonyl (C=O) groups is 1. The molecule has 0 unspecified atom stereocenters. The molecule has 0 rings (SSSR count). The van der Waals surface area contributed by atoms with Gasteiger partial charge in [0.25, 0.3) is 0 Å². The molecule has 0 spiro atoms. The van der Waals surface area contributed by atoms with Crippen LogP contribution in [-0.4, -0.2) is 11.1 Å². The van der Waals surface area contributed by atoms with Gasteiger partial charge < -0.3 is 10.9 Å². The first kappa shape index (κ1) is 9.79. The van der Waals surface area contributed by atoms with Gasteiger partial charge in [0.05, 0.1) is 0 Å². The second-order valence-corrected chi connectivity index (χ2v) is 0.688. The smallest absolute Gasteiger partial charge is 0.240 e. The van der Waals surface area contributed by atoms with Crippen molar-refractivity contribution in [2.24, 2.45) is 11.1 Å². The summed E-state index contributed by atoms with van der Waals surface area (Å²) in [5, 5.41) is 7.89. The summed E-state index contributed by atoms with van der Waals surface area (Å²) in [7, 11) is 0. The van der Waals surface area contributed by atoms with Crippen molar-refractivity contribution >= 4 is 5.91 Å². The van der Waals surface area contributed by atoms with Gasteiger partial charge in [0.1, 0.15) is 0 Å². The molecule has 3 N–H and O–H groups in total. The zero-order valence-corrected chi connectivity index (χ0v) is 4.07. The highest BCUT2D eigenvalue weighted by atomic mass is 16.6. The van der Waals surface area contributed by atoms with E-state index in [9.17, 15) is 4.79 Å². The molecule has 0 aromatic rings. The standard InChI is InChI=1S/C3H5NO.HNO2/c1-2-3(4)5;2-1-3/h2H,1H2,(H2,4,5);(H,2,3). The number of nitrogens with two attached hydrogens (primary N) is 1. The van der Waals surface area contributed by atoms with Crippen LogP contribution < -0.4 is 5.73 Å². The molecule has 1 amide bonds. The van der Waals surface area contributed by atoms with Crippen LogP contribution >= 0.6 is 0 Å². The van der Waals surface area contributed by atoms with E-state index in [1.54, 1.807) is 0 Å². The van der Waals surface area contributed by atoms with E-state index >= 15 is 0 Å². The van der Waals surface area contributed by atoms with Gasteiger partial charge in [0.2, 0.25) is 5.91 Å². The van der Waals surface area contributed by atoms with Crippen LogP contribution in [0.25, 0.3) is 0 Å². The van der Waals surface area contributed by atoms with Crippen LogP contribution in [0.3, 0.4) is 0 Å². The molecule has 0 aliphatic heterocycles. The summed E-state index contributed by atoms with van der Waals surface area (Å²) in [5.74, 6) is -0.481. The van der Waals surface area contributed by atoms with E-state index in [0.717, 1.165) is 6.08 Å². The first-order valence-corrected chi connectivity index (χ1v) is 1.57. The number of rotatable bonds is 1. The molecule has 5 nitrogen and oxygen atoms in total. The molecule has 0 saturated carbocycles. The molecule has 0 bridgehead atoms. The van der Waals surface area contributed by atoms with E-state index in [0.29, 0.717) is 0 Å². The fourth-order valence-corrected chi connectivity index (χ4v) is 0. The Morgan fingerprint density at radius 2 is 2.00 bits per heavy atom. The van der Waals surface area contributed by atoms with Gasteiger partial charge in [-0.3, -0.25) is 4.79 Å². The Labute approximate surface area is 45.7 Å². The van der Waals surface area contributed by atoms with Gasteiger partial charge in [-0.25, -0.2) is 0 Å². The lowest BCUT2D eigenvalue weighted by atomic mass is 10.6. The highest BCUT2D eigenvalue weighted by Crippen LogP contribution is 1.48. The summed E-state index contributed by atoms with van der Waals surface area (Å²) in [5.41, 5.74) is 4.53. The molecule has 0 aromatic heterocycles. The van der Waals surface area contributed by atoms with Gasteiger partial charge in [-0.2, -0.15) is 0 Å². The van der Waals surface area contributed by atoms with Crippen LogP contribution in [0.2, 0.25) is 0 Å². The van der Waals surface area contributed by atoms with E-state index in [1.165, 1.54) is 5.34 Å². The lowest BCUT2D eigenvalue weighted by Crippen LogP contribution is -2.04. The van der Waals surface area contributed by atoms with E-state index in [-0.39, 0.29) is 0 Å². The predicted molar refractivity (Wildman–Crippen MR) is 27.0 cm³/mol. The fraction of sp³-hybridized carbons (Fsp3) is 0. The molecule has 0 radical (unpaired) electrons. The minimum Gasteiger partial charge on any atom is -0.379 e. The zero-order chi connectivity index (χ0) is 6.99. The molecule has 0 saturated heterocycles. The van der Waals surface area contributed by atoms with Crippen LogP contribution in [0.15, 0.2) is 18.0 Å². The van der Waals surface area contributed by atoms with Gasteiger partial charge >= 0.3 is 0 Å². The van der Waals surface area contributed by atoms with E-state index in [1.807, 2.05) is 0 Å².